The lowest BCUT2D eigenvalue weighted by Crippen LogP contribution is -2.20. The fraction of sp³-hybridized carbons (Fsp3) is 0.889. The van der Waals surface area contributed by atoms with Gasteiger partial charge in [0.1, 0.15) is 0 Å². The van der Waals surface area contributed by atoms with Crippen molar-refractivity contribution >= 4 is 0 Å². The molecule has 0 rings (SSSR count). The lowest BCUT2D eigenvalue weighted by molar-refractivity contribution is 0.350. The second kappa shape index (κ2) is 15.6. The maximum atomic E-state index is 2.56. The van der Waals surface area contributed by atoms with Crippen LogP contribution < -0.4 is 0 Å². The molecule has 1 nitrogen and oxygen atoms in total. The van der Waals surface area contributed by atoms with Crippen LogP contribution in [0.25, 0.3) is 0 Å². The minimum Gasteiger partial charge on any atom is -0.378 e. The average molecular weight is 268 g/mol. The normalized spacial score (nSPS) is 11.3. The summed E-state index contributed by atoms with van der Waals surface area (Å²) in [5.41, 5.74) is 0. The summed E-state index contributed by atoms with van der Waals surface area (Å²) in [4.78, 5) is 2.56. The summed E-state index contributed by atoms with van der Waals surface area (Å²) >= 11 is 0. The number of unbranched alkanes of at least 4 members (excludes halogenated alkanes) is 8. The molecular formula is C18H37N. The van der Waals surface area contributed by atoms with E-state index in [-0.39, 0.29) is 0 Å². The molecule has 0 aromatic rings. The number of rotatable bonds is 14. The van der Waals surface area contributed by atoms with E-state index in [2.05, 4.69) is 37.9 Å². The lowest BCUT2D eigenvalue weighted by Gasteiger charge is -2.20. The van der Waals surface area contributed by atoms with Gasteiger partial charge >= 0.3 is 0 Å². The molecule has 114 valence electrons. The van der Waals surface area contributed by atoms with E-state index >= 15 is 0 Å². The summed E-state index contributed by atoms with van der Waals surface area (Å²) in [5.74, 6) is 0. The summed E-state index contributed by atoms with van der Waals surface area (Å²) in [7, 11) is 0. The van der Waals surface area contributed by atoms with E-state index < -0.39 is 0 Å². The van der Waals surface area contributed by atoms with Crippen molar-refractivity contribution < 1.29 is 0 Å². The minimum atomic E-state index is 1.25. The molecule has 0 aliphatic heterocycles. The Balaban J connectivity index is 3.81. The van der Waals surface area contributed by atoms with E-state index in [1.54, 1.807) is 0 Å². The maximum Gasteiger partial charge on any atom is 0.0172 e. The molecule has 19 heavy (non-hydrogen) atoms. The fourth-order valence-electron chi connectivity index (χ4n) is 2.29. The van der Waals surface area contributed by atoms with Crippen LogP contribution in [0.1, 0.15) is 91.4 Å². The Bertz CT molecular complexity index is 174. The van der Waals surface area contributed by atoms with Gasteiger partial charge in [-0.3, -0.25) is 0 Å². The predicted molar refractivity (Wildman–Crippen MR) is 88.5 cm³/mol. The van der Waals surface area contributed by atoms with Gasteiger partial charge in [-0.05, 0) is 25.5 Å². The van der Waals surface area contributed by atoms with Gasteiger partial charge < -0.3 is 4.90 Å². The van der Waals surface area contributed by atoms with E-state index in [4.69, 9.17) is 0 Å². The van der Waals surface area contributed by atoms with Gasteiger partial charge in [0.2, 0.25) is 0 Å². The highest BCUT2D eigenvalue weighted by molar-refractivity contribution is 4.82. The van der Waals surface area contributed by atoms with Crippen LogP contribution in [-0.2, 0) is 0 Å². The molecular weight excluding hydrogens is 230 g/mol. The van der Waals surface area contributed by atoms with E-state index in [1.807, 2.05) is 0 Å². The van der Waals surface area contributed by atoms with Gasteiger partial charge in [-0.1, -0.05) is 78.2 Å². The Labute approximate surface area is 122 Å². The third-order valence-corrected chi connectivity index (χ3v) is 3.64. The molecule has 0 radical (unpaired) electrons. The van der Waals surface area contributed by atoms with Gasteiger partial charge in [0.05, 0.1) is 0 Å². The smallest absolute Gasteiger partial charge is 0.0172 e. The van der Waals surface area contributed by atoms with Crippen LogP contribution in [0.15, 0.2) is 12.3 Å². The monoisotopic (exact) mass is 267 g/mol. The van der Waals surface area contributed by atoms with E-state index in [9.17, 15) is 0 Å². The zero-order chi connectivity index (χ0) is 14.2. The van der Waals surface area contributed by atoms with Crippen LogP contribution in [0, 0.1) is 0 Å². The highest BCUT2D eigenvalue weighted by Gasteiger charge is 1.99. The van der Waals surface area contributed by atoms with Gasteiger partial charge in [-0.2, -0.15) is 0 Å². The van der Waals surface area contributed by atoms with Crippen molar-refractivity contribution in [3.8, 4) is 0 Å². The first kappa shape index (κ1) is 18.5. The molecule has 0 spiro atoms. The molecule has 0 heterocycles. The molecule has 1 heteroatoms. The van der Waals surface area contributed by atoms with Gasteiger partial charge in [-0.15, -0.1) is 0 Å². The Morgan fingerprint density at radius 3 is 1.63 bits per heavy atom. The molecule has 0 N–H and O–H groups in total. The van der Waals surface area contributed by atoms with Crippen LogP contribution in [0.5, 0.6) is 0 Å². The third-order valence-electron chi connectivity index (χ3n) is 3.64. The van der Waals surface area contributed by atoms with Crippen molar-refractivity contribution in [1.29, 1.82) is 0 Å². The van der Waals surface area contributed by atoms with Gasteiger partial charge in [-0.25, -0.2) is 0 Å². The molecule has 0 aliphatic carbocycles. The molecule has 0 fully saturated rings. The molecule has 0 atom stereocenters. The van der Waals surface area contributed by atoms with Crippen molar-refractivity contribution in [1.82, 2.24) is 4.90 Å². The van der Waals surface area contributed by atoms with E-state index in [0.29, 0.717) is 0 Å². The summed E-state index contributed by atoms with van der Waals surface area (Å²) in [5, 5.41) is 0. The molecule has 0 aliphatic rings. The SMILES string of the molecule is CCCCC=CN(CCCCCC)CCCCCC. The second-order valence-corrected chi connectivity index (χ2v) is 5.68. The Morgan fingerprint density at radius 1 is 0.632 bits per heavy atom. The molecule has 0 saturated carbocycles. The lowest BCUT2D eigenvalue weighted by atomic mass is 10.1. The number of allylic oxidation sites excluding steroid dienone is 1. The van der Waals surface area contributed by atoms with Crippen LogP contribution in [-0.4, -0.2) is 18.0 Å². The first-order valence-electron chi connectivity index (χ1n) is 8.75. The largest absolute Gasteiger partial charge is 0.378 e. The van der Waals surface area contributed by atoms with Gasteiger partial charge in [0, 0.05) is 13.1 Å². The van der Waals surface area contributed by atoms with Crippen molar-refractivity contribution in [3.63, 3.8) is 0 Å². The minimum absolute atomic E-state index is 1.25. The Morgan fingerprint density at radius 2 is 1.16 bits per heavy atom. The Hall–Kier alpha value is -0.460. The molecule has 0 aromatic heterocycles. The summed E-state index contributed by atoms with van der Waals surface area (Å²) in [6.45, 7) is 9.35. The topological polar surface area (TPSA) is 3.24 Å². The number of hydrogen-bond donors (Lipinski definition) is 0. The van der Waals surface area contributed by atoms with E-state index in [1.165, 1.54) is 83.7 Å². The number of nitrogens with zero attached hydrogens (tertiary/aromatic N) is 1. The number of hydrogen-bond acceptors (Lipinski definition) is 1. The molecule has 0 unspecified atom stereocenters. The fourth-order valence-corrected chi connectivity index (χ4v) is 2.29. The molecule has 0 amide bonds. The summed E-state index contributed by atoms with van der Waals surface area (Å²) < 4.78 is 0. The third kappa shape index (κ3) is 13.8. The average Bonchev–Trinajstić information content (AvgIpc) is 2.43. The van der Waals surface area contributed by atoms with Crippen LogP contribution in [0.2, 0.25) is 0 Å². The maximum absolute atomic E-state index is 2.56. The quantitative estimate of drug-likeness (QED) is 0.341. The van der Waals surface area contributed by atoms with Crippen molar-refractivity contribution in [2.45, 2.75) is 91.4 Å². The zero-order valence-corrected chi connectivity index (χ0v) is 13.8. The van der Waals surface area contributed by atoms with Crippen LogP contribution in [0.3, 0.4) is 0 Å². The highest BCUT2D eigenvalue weighted by atomic mass is 15.1. The molecule has 0 saturated heterocycles. The molecule has 0 bridgehead atoms. The first-order valence-corrected chi connectivity index (χ1v) is 8.75. The first-order chi connectivity index (χ1) is 9.35. The van der Waals surface area contributed by atoms with Crippen LogP contribution in [0.4, 0.5) is 0 Å². The second-order valence-electron chi connectivity index (χ2n) is 5.68. The predicted octanol–water partition coefficient (Wildman–Crippen LogP) is 6.15. The van der Waals surface area contributed by atoms with Gasteiger partial charge in [0.25, 0.3) is 0 Å². The summed E-state index contributed by atoms with van der Waals surface area (Å²) in [6.07, 6.45) is 19.6. The van der Waals surface area contributed by atoms with Crippen molar-refractivity contribution in [2.24, 2.45) is 0 Å². The van der Waals surface area contributed by atoms with E-state index in [0.717, 1.165) is 0 Å². The standard InChI is InChI=1S/C18H37N/c1-4-7-10-13-16-19(17-14-11-8-5-2)18-15-12-9-6-3/h13,16H,4-12,14-15,17-18H2,1-3H3. The van der Waals surface area contributed by atoms with Gasteiger partial charge in [0.15, 0.2) is 0 Å². The van der Waals surface area contributed by atoms with Crippen molar-refractivity contribution in [2.75, 3.05) is 13.1 Å². The Kier molecular flexibility index (Phi) is 15.2. The van der Waals surface area contributed by atoms with Crippen LogP contribution >= 0.6 is 0 Å². The molecule has 0 aromatic carbocycles. The highest BCUT2D eigenvalue weighted by Crippen LogP contribution is 2.06. The van der Waals surface area contributed by atoms with Crippen molar-refractivity contribution in [3.05, 3.63) is 12.3 Å². The zero-order valence-electron chi connectivity index (χ0n) is 13.8. The summed E-state index contributed by atoms with van der Waals surface area (Å²) in [6, 6.07) is 0.